The molecule has 1 heterocycles. The van der Waals surface area contributed by atoms with E-state index in [0.717, 1.165) is 17.6 Å². The van der Waals surface area contributed by atoms with E-state index in [9.17, 15) is 4.79 Å². The number of nitrogens with zero attached hydrogens (tertiary/aromatic N) is 1. The van der Waals surface area contributed by atoms with Crippen molar-refractivity contribution in [3.8, 4) is 0 Å². The zero-order chi connectivity index (χ0) is 9.42. The Kier molecular flexibility index (Phi) is 1.93. The van der Waals surface area contributed by atoms with E-state index in [4.69, 9.17) is 11.6 Å². The number of halogens is 1. The molecule has 1 aliphatic carbocycles. The van der Waals surface area contributed by atoms with Gasteiger partial charge in [0.2, 0.25) is 0 Å². The summed E-state index contributed by atoms with van der Waals surface area (Å²) in [5, 5.41) is 0.295. The van der Waals surface area contributed by atoms with Crippen LogP contribution >= 0.6 is 11.6 Å². The molecule has 0 N–H and O–H groups in total. The molecule has 0 atom stereocenters. The number of rotatable bonds is 0. The number of aromatic nitrogens is 1. The molecule has 0 spiro atoms. The van der Waals surface area contributed by atoms with Crippen molar-refractivity contribution in [3.63, 3.8) is 0 Å². The third-order valence-electron chi connectivity index (χ3n) is 2.22. The average Bonchev–Trinajstić information content (AvgIpc) is 2.12. The number of hydrogen-bond acceptors (Lipinski definition) is 2. The summed E-state index contributed by atoms with van der Waals surface area (Å²) >= 11 is 5.83. The van der Waals surface area contributed by atoms with Gasteiger partial charge in [-0.3, -0.25) is 4.79 Å². The average molecular weight is 194 g/mol. The smallest absolute Gasteiger partial charge is 0.166 e. The maximum absolute atomic E-state index is 11.5. The molecule has 13 heavy (non-hydrogen) atoms. The largest absolute Gasteiger partial charge is 0.294 e. The molecule has 0 unspecified atom stereocenters. The van der Waals surface area contributed by atoms with E-state index in [2.05, 4.69) is 11.6 Å². The Morgan fingerprint density at radius 3 is 2.92 bits per heavy atom. The molecule has 0 saturated carbocycles. The molecule has 0 aliphatic heterocycles. The predicted molar refractivity (Wildman–Crippen MR) is 51.8 cm³/mol. The van der Waals surface area contributed by atoms with Crippen molar-refractivity contribution in [2.75, 3.05) is 0 Å². The molecular formula is C10H8ClNO. The van der Waals surface area contributed by atoms with Crippen molar-refractivity contribution >= 4 is 23.0 Å². The van der Waals surface area contributed by atoms with Gasteiger partial charge in [-0.15, -0.1) is 0 Å². The highest BCUT2D eigenvalue weighted by molar-refractivity contribution is 6.33. The fourth-order valence-electron chi connectivity index (χ4n) is 1.52. The van der Waals surface area contributed by atoms with E-state index in [0.29, 0.717) is 17.1 Å². The zero-order valence-electron chi connectivity index (χ0n) is 7.01. The second kappa shape index (κ2) is 2.96. The Labute approximate surface area is 81.2 Å². The van der Waals surface area contributed by atoms with Gasteiger partial charge in [0.25, 0.3) is 0 Å². The number of pyridine rings is 1. The fraction of sp³-hybridized carbons (Fsp3) is 0.200. The summed E-state index contributed by atoms with van der Waals surface area (Å²) in [6.07, 6.45) is 2.83. The van der Waals surface area contributed by atoms with Gasteiger partial charge in [-0.05, 0) is 23.6 Å². The maximum Gasteiger partial charge on any atom is 0.166 e. The van der Waals surface area contributed by atoms with E-state index < -0.39 is 0 Å². The van der Waals surface area contributed by atoms with Gasteiger partial charge in [0, 0.05) is 12.6 Å². The summed E-state index contributed by atoms with van der Waals surface area (Å²) in [6.45, 7) is 3.89. The second-order valence-electron chi connectivity index (χ2n) is 3.05. The molecule has 0 radical (unpaired) electrons. The van der Waals surface area contributed by atoms with E-state index in [1.165, 1.54) is 0 Å². The lowest BCUT2D eigenvalue weighted by atomic mass is 9.89. The quantitative estimate of drug-likeness (QED) is 0.593. The van der Waals surface area contributed by atoms with Gasteiger partial charge in [0.15, 0.2) is 5.78 Å². The standard InChI is InChI=1S/C10H8ClNO/c1-6-2-3-8(13)9-7(6)4-5-12-10(9)11/h4-5H,1-3H2. The van der Waals surface area contributed by atoms with Gasteiger partial charge in [-0.25, -0.2) is 4.98 Å². The van der Waals surface area contributed by atoms with E-state index in [1.807, 2.05) is 0 Å². The minimum Gasteiger partial charge on any atom is -0.294 e. The lowest BCUT2D eigenvalue weighted by Gasteiger charge is -2.16. The van der Waals surface area contributed by atoms with Crippen LogP contribution in [-0.2, 0) is 0 Å². The van der Waals surface area contributed by atoms with Crippen molar-refractivity contribution in [3.05, 3.63) is 35.1 Å². The maximum atomic E-state index is 11.5. The van der Waals surface area contributed by atoms with Crippen molar-refractivity contribution in [2.24, 2.45) is 0 Å². The Morgan fingerprint density at radius 2 is 2.23 bits per heavy atom. The van der Waals surface area contributed by atoms with Gasteiger partial charge in [0.1, 0.15) is 5.15 Å². The van der Waals surface area contributed by atoms with Gasteiger partial charge in [0.05, 0.1) is 5.56 Å². The lowest BCUT2D eigenvalue weighted by Crippen LogP contribution is -2.10. The van der Waals surface area contributed by atoms with Crippen LogP contribution in [-0.4, -0.2) is 10.8 Å². The first-order chi connectivity index (χ1) is 6.20. The van der Waals surface area contributed by atoms with Crippen molar-refractivity contribution in [2.45, 2.75) is 12.8 Å². The molecule has 0 amide bonds. The lowest BCUT2D eigenvalue weighted by molar-refractivity contribution is 0.0980. The van der Waals surface area contributed by atoms with Crippen LogP contribution in [0.15, 0.2) is 18.8 Å². The molecule has 2 rings (SSSR count). The number of Topliss-reactive ketones (excluding diaryl/α,β-unsaturated/α-hetero) is 1. The summed E-state index contributed by atoms with van der Waals surface area (Å²) in [7, 11) is 0. The van der Waals surface area contributed by atoms with E-state index in [1.54, 1.807) is 12.3 Å². The van der Waals surface area contributed by atoms with Crippen LogP contribution in [0.1, 0.15) is 28.8 Å². The second-order valence-corrected chi connectivity index (χ2v) is 3.41. The summed E-state index contributed by atoms with van der Waals surface area (Å²) < 4.78 is 0. The topological polar surface area (TPSA) is 30.0 Å². The molecule has 1 aromatic rings. The summed E-state index contributed by atoms with van der Waals surface area (Å²) in [4.78, 5) is 15.4. The zero-order valence-corrected chi connectivity index (χ0v) is 7.77. The predicted octanol–water partition coefficient (Wildman–Crippen LogP) is 2.72. The first kappa shape index (κ1) is 8.45. The van der Waals surface area contributed by atoms with Crippen LogP contribution in [0, 0.1) is 0 Å². The first-order valence-corrected chi connectivity index (χ1v) is 4.44. The van der Waals surface area contributed by atoms with Gasteiger partial charge in [-0.1, -0.05) is 18.2 Å². The van der Waals surface area contributed by atoms with Crippen LogP contribution in [0.25, 0.3) is 5.57 Å². The summed E-state index contributed by atoms with van der Waals surface area (Å²) in [6, 6.07) is 1.79. The minimum atomic E-state index is 0.0699. The molecule has 3 heteroatoms. The molecule has 2 nitrogen and oxygen atoms in total. The highest BCUT2D eigenvalue weighted by Crippen LogP contribution is 2.32. The van der Waals surface area contributed by atoms with Crippen LogP contribution in [0.5, 0.6) is 0 Å². The SMILES string of the molecule is C=C1CCC(=O)c2c1ccnc2Cl. The fourth-order valence-corrected chi connectivity index (χ4v) is 1.78. The normalized spacial score (nSPS) is 15.8. The summed E-state index contributed by atoms with van der Waals surface area (Å²) in [5.41, 5.74) is 2.37. The highest BCUT2D eigenvalue weighted by atomic mass is 35.5. The minimum absolute atomic E-state index is 0.0699. The Bertz CT molecular complexity index is 398. The van der Waals surface area contributed by atoms with Crippen LogP contribution in [0.2, 0.25) is 5.15 Å². The Hall–Kier alpha value is -1.15. The molecule has 0 aromatic carbocycles. The first-order valence-electron chi connectivity index (χ1n) is 4.06. The number of hydrogen-bond donors (Lipinski definition) is 0. The molecule has 66 valence electrons. The molecule has 1 aromatic heterocycles. The molecule has 0 fully saturated rings. The van der Waals surface area contributed by atoms with Crippen LogP contribution in [0.4, 0.5) is 0 Å². The van der Waals surface area contributed by atoms with Gasteiger partial charge in [-0.2, -0.15) is 0 Å². The van der Waals surface area contributed by atoms with Gasteiger partial charge < -0.3 is 0 Å². The Morgan fingerprint density at radius 1 is 1.46 bits per heavy atom. The molecule has 1 aliphatic rings. The monoisotopic (exact) mass is 193 g/mol. The number of ketones is 1. The van der Waals surface area contributed by atoms with Crippen molar-refractivity contribution in [1.29, 1.82) is 0 Å². The number of carbonyl (C=O) groups is 1. The summed E-state index contributed by atoms with van der Waals surface area (Å²) in [5.74, 6) is 0.0699. The number of carbonyl (C=O) groups excluding carboxylic acids is 1. The van der Waals surface area contributed by atoms with E-state index >= 15 is 0 Å². The molecule has 0 saturated heterocycles. The van der Waals surface area contributed by atoms with Crippen molar-refractivity contribution in [1.82, 2.24) is 4.98 Å². The molecule has 0 bridgehead atoms. The third-order valence-corrected chi connectivity index (χ3v) is 2.50. The van der Waals surface area contributed by atoms with Crippen LogP contribution in [0.3, 0.4) is 0 Å². The van der Waals surface area contributed by atoms with Gasteiger partial charge >= 0.3 is 0 Å². The third kappa shape index (κ3) is 1.27. The van der Waals surface area contributed by atoms with Crippen LogP contribution < -0.4 is 0 Å². The van der Waals surface area contributed by atoms with E-state index in [-0.39, 0.29) is 5.78 Å². The van der Waals surface area contributed by atoms with Crippen molar-refractivity contribution < 1.29 is 4.79 Å². The molecular weight excluding hydrogens is 186 g/mol. The number of allylic oxidation sites excluding steroid dienone is 1. The number of fused-ring (bicyclic) bond motifs is 1. The highest BCUT2D eigenvalue weighted by Gasteiger charge is 2.22. The Balaban J connectivity index is 2.70.